The van der Waals surface area contributed by atoms with Crippen LogP contribution in [0.5, 0.6) is 0 Å². The van der Waals surface area contributed by atoms with Gasteiger partial charge in [-0.25, -0.2) is 9.37 Å². The van der Waals surface area contributed by atoms with Crippen LogP contribution >= 0.6 is 0 Å². The number of nitrogens with one attached hydrogen (secondary N) is 1. The van der Waals surface area contributed by atoms with E-state index >= 15 is 0 Å². The maximum absolute atomic E-state index is 14.3. The highest BCUT2D eigenvalue weighted by molar-refractivity contribution is 5.79. The lowest BCUT2D eigenvalue weighted by Crippen LogP contribution is -2.39. The number of aliphatic imine (C=N–C) groups is 1. The van der Waals surface area contributed by atoms with E-state index in [9.17, 15) is 4.39 Å². The number of nitrogens with zero attached hydrogens (tertiary/aromatic N) is 4. The summed E-state index contributed by atoms with van der Waals surface area (Å²) in [5.41, 5.74) is 1.35. The zero-order valence-electron chi connectivity index (χ0n) is 14.2. The Balaban J connectivity index is 1.95. The second-order valence-electron chi connectivity index (χ2n) is 5.51. The first-order valence-electron chi connectivity index (χ1n) is 7.95. The molecule has 128 valence electrons. The second kappa shape index (κ2) is 8.86. The molecule has 0 atom stereocenters. The first-order chi connectivity index (χ1) is 11.7. The Morgan fingerprint density at radius 3 is 2.96 bits per heavy atom. The van der Waals surface area contributed by atoms with E-state index in [1.807, 2.05) is 19.2 Å². The van der Waals surface area contributed by atoms with Crippen molar-refractivity contribution in [2.75, 3.05) is 20.6 Å². The van der Waals surface area contributed by atoms with Gasteiger partial charge in [0.2, 0.25) is 0 Å². The third-order valence-electron chi connectivity index (χ3n) is 3.72. The third kappa shape index (κ3) is 4.68. The van der Waals surface area contributed by atoms with Gasteiger partial charge in [0.05, 0.1) is 12.0 Å². The predicted octanol–water partition coefficient (Wildman–Crippen LogP) is 2.98. The molecule has 0 spiro atoms. The summed E-state index contributed by atoms with van der Waals surface area (Å²) in [5.74, 6) is 0.514. The molecule has 1 N–H and O–H groups in total. The van der Waals surface area contributed by atoms with Gasteiger partial charge in [-0.2, -0.15) is 0 Å². The van der Waals surface area contributed by atoms with Gasteiger partial charge in [0.15, 0.2) is 5.96 Å². The summed E-state index contributed by atoms with van der Waals surface area (Å²) in [6.07, 6.45) is 8.83. The maximum Gasteiger partial charge on any atom is 0.193 e. The number of hydrogen-bond donors (Lipinski definition) is 1. The van der Waals surface area contributed by atoms with Gasteiger partial charge in [-0.05, 0) is 30.5 Å². The molecular weight excluding hydrogens is 305 g/mol. The average Bonchev–Trinajstić information content (AvgIpc) is 3.10. The molecule has 0 aliphatic carbocycles. The van der Waals surface area contributed by atoms with Crippen LogP contribution in [0.25, 0.3) is 5.69 Å². The van der Waals surface area contributed by atoms with Crippen molar-refractivity contribution < 1.29 is 4.39 Å². The Bertz CT molecular complexity index is 679. The molecule has 0 radical (unpaired) electrons. The molecule has 1 aromatic carbocycles. The third-order valence-corrected chi connectivity index (χ3v) is 3.72. The fourth-order valence-electron chi connectivity index (χ4n) is 2.42. The largest absolute Gasteiger partial charge is 0.352 e. The van der Waals surface area contributed by atoms with Crippen LogP contribution in [-0.4, -0.2) is 41.1 Å². The van der Waals surface area contributed by atoms with E-state index in [-0.39, 0.29) is 5.82 Å². The van der Waals surface area contributed by atoms with Crippen LogP contribution in [-0.2, 0) is 6.54 Å². The molecule has 24 heavy (non-hydrogen) atoms. The Kier molecular flexibility index (Phi) is 6.54. The van der Waals surface area contributed by atoms with E-state index in [2.05, 4.69) is 26.8 Å². The molecule has 2 aromatic rings. The Hall–Kier alpha value is -2.63. The van der Waals surface area contributed by atoms with Gasteiger partial charge >= 0.3 is 0 Å². The lowest BCUT2D eigenvalue weighted by Gasteiger charge is -2.22. The first kappa shape index (κ1) is 17.7. The lowest BCUT2D eigenvalue weighted by atomic mass is 10.2. The molecular formula is C18H24FN5. The predicted molar refractivity (Wildman–Crippen MR) is 95.8 cm³/mol. The minimum atomic E-state index is -0.276. The number of halogens is 1. The SMILES string of the molecule is C=CCCCN(C)C(=NC)NCc1ccc(-n2ccnc2)c(F)c1. The van der Waals surface area contributed by atoms with Gasteiger partial charge in [0, 0.05) is 39.6 Å². The molecule has 0 amide bonds. The summed E-state index contributed by atoms with van der Waals surface area (Å²) in [5, 5.41) is 3.26. The summed E-state index contributed by atoms with van der Waals surface area (Å²) >= 11 is 0. The van der Waals surface area contributed by atoms with Gasteiger partial charge < -0.3 is 14.8 Å². The molecule has 0 unspecified atom stereocenters. The van der Waals surface area contributed by atoms with Crippen molar-refractivity contribution in [3.8, 4) is 5.69 Å². The summed E-state index contributed by atoms with van der Waals surface area (Å²) in [6, 6.07) is 5.19. The van der Waals surface area contributed by atoms with Crippen molar-refractivity contribution in [2.24, 2.45) is 4.99 Å². The van der Waals surface area contributed by atoms with Crippen LogP contribution in [0.15, 0.2) is 54.6 Å². The quantitative estimate of drug-likeness (QED) is 0.368. The van der Waals surface area contributed by atoms with Crippen LogP contribution < -0.4 is 5.32 Å². The lowest BCUT2D eigenvalue weighted by molar-refractivity contribution is 0.469. The first-order valence-corrected chi connectivity index (χ1v) is 7.95. The number of aromatic nitrogens is 2. The highest BCUT2D eigenvalue weighted by atomic mass is 19.1. The fraction of sp³-hybridized carbons (Fsp3) is 0.333. The Morgan fingerprint density at radius 2 is 2.33 bits per heavy atom. The topological polar surface area (TPSA) is 45.5 Å². The van der Waals surface area contributed by atoms with Gasteiger partial charge in [0.25, 0.3) is 0 Å². The zero-order valence-corrected chi connectivity index (χ0v) is 14.2. The highest BCUT2D eigenvalue weighted by Crippen LogP contribution is 2.15. The van der Waals surface area contributed by atoms with Crippen molar-refractivity contribution in [1.29, 1.82) is 0 Å². The minimum absolute atomic E-state index is 0.276. The number of allylic oxidation sites excluding steroid dienone is 1. The Morgan fingerprint density at radius 1 is 1.50 bits per heavy atom. The number of benzene rings is 1. The molecule has 0 saturated heterocycles. The average molecular weight is 329 g/mol. The molecule has 1 aromatic heterocycles. The van der Waals surface area contributed by atoms with Crippen LogP contribution in [0.3, 0.4) is 0 Å². The van der Waals surface area contributed by atoms with E-state index in [4.69, 9.17) is 0 Å². The van der Waals surface area contributed by atoms with E-state index in [0.29, 0.717) is 12.2 Å². The van der Waals surface area contributed by atoms with Crippen LogP contribution in [0.2, 0.25) is 0 Å². The monoisotopic (exact) mass is 329 g/mol. The zero-order chi connectivity index (χ0) is 17.4. The van der Waals surface area contributed by atoms with Crippen molar-refractivity contribution in [1.82, 2.24) is 19.8 Å². The van der Waals surface area contributed by atoms with Gasteiger partial charge in [-0.1, -0.05) is 12.1 Å². The smallest absolute Gasteiger partial charge is 0.193 e. The summed E-state index contributed by atoms with van der Waals surface area (Å²) in [4.78, 5) is 10.3. The van der Waals surface area contributed by atoms with Gasteiger partial charge in [-0.3, -0.25) is 4.99 Å². The molecule has 1 heterocycles. The van der Waals surface area contributed by atoms with Crippen molar-refractivity contribution >= 4 is 5.96 Å². The van der Waals surface area contributed by atoms with E-state index in [1.54, 1.807) is 36.4 Å². The number of unbranched alkanes of at least 4 members (excludes halogenated alkanes) is 1. The minimum Gasteiger partial charge on any atom is -0.352 e. The molecule has 0 bridgehead atoms. The van der Waals surface area contributed by atoms with Crippen molar-refractivity contribution in [3.63, 3.8) is 0 Å². The number of imidazole rings is 1. The van der Waals surface area contributed by atoms with Gasteiger partial charge in [-0.15, -0.1) is 6.58 Å². The second-order valence-corrected chi connectivity index (χ2v) is 5.51. The van der Waals surface area contributed by atoms with Crippen LogP contribution in [0.4, 0.5) is 4.39 Å². The van der Waals surface area contributed by atoms with E-state index < -0.39 is 0 Å². The molecule has 5 nitrogen and oxygen atoms in total. The van der Waals surface area contributed by atoms with Crippen LogP contribution in [0.1, 0.15) is 18.4 Å². The van der Waals surface area contributed by atoms with Crippen LogP contribution in [0, 0.1) is 5.82 Å². The summed E-state index contributed by atoms with van der Waals surface area (Å²) in [6.45, 7) is 5.13. The number of hydrogen-bond acceptors (Lipinski definition) is 2. The maximum atomic E-state index is 14.3. The summed E-state index contributed by atoms with van der Waals surface area (Å²) < 4.78 is 15.9. The number of rotatable bonds is 7. The highest BCUT2D eigenvalue weighted by Gasteiger charge is 2.08. The van der Waals surface area contributed by atoms with Gasteiger partial charge in [0.1, 0.15) is 5.82 Å². The standard InChI is InChI=1S/C18H24FN5/c1-4-5-6-10-23(3)18(20-2)22-13-15-7-8-17(16(19)12-15)24-11-9-21-14-24/h4,7-9,11-12,14H,1,5-6,10,13H2,2-3H3,(H,20,22). The molecule has 0 saturated carbocycles. The normalized spacial score (nSPS) is 11.4. The molecule has 0 fully saturated rings. The van der Waals surface area contributed by atoms with Crippen molar-refractivity contribution in [2.45, 2.75) is 19.4 Å². The molecule has 2 rings (SSSR count). The molecule has 6 heteroatoms. The Labute approximate surface area is 142 Å². The molecule has 0 aliphatic heterocycles. The van der Waals surface area contributed by atoms with E-state index in [0.717, 1.165) is 30.9 Å². The molecule has 0 aliphatic rings. The van der Waals surface area contributed by atoms with Crippen molar-refractivity contribution in [3.05, 3.63) is 61.0 Å². The fourth-order valence-corrected chi connectivity index (χ4v) is 2.42. The summed E-state index contributed by atoms with van der Waals surface area (Å²) in [7, 11) is 3.73. The number of guanidine groups is 1. The van der Waals surface area contributed by atoms with E-state index in [1.165, 1.54) is 6.07 Å².